The number of rotatable bonds is 4. The maximum Gasteiger partial charge on any atom is 0.319 e. The van der Waals surface area contributed by atoms with Crippen LogP contribution in [0.3, 0.4) is 0 Å². The van der Waals surface area contributed by atoms with Gasteiger partial charge in [-0.15, -0.1) is 11.3 Å². The van der Waals surface area contributed by atoms with E-state index in [2.05, 4.69) is 10.3 Å². The molecule has 0 aliphatic carbocycles. The monoisotopic (exact) mass is 299 g/mol. The molecule has 1 aromatic heterocycles. The molecule has 0 bridgehead atoms. The Balaban J connectivity index is 2.00. The van der Waals surface area contributed by atoms with Crippen molar-refractivity contribution < 1.29 is 4.92 Å². The van der Waals surface area contributed by atoms with Gasteiger partial charge in [0.25, 0.3) is 0 Å². The number of nitrogens with one attached hydrogen (secondary N) is 1. The first-order valence-corrected chi connectivity index (χ1v) is 7.37. The van der Waals surface area contributed by atoms with E-state index in [0.717, 1.165) is 10.3 Å². The third kappa shape index (κ3) is 2.57. The van der Waals surface area contributed by atoms with Gasteiger partial charge >= 0.3 is 5.69 Å². The first-order valence-electron chi connectivity index (χ1n) is 6.49. The fourth-order valence-corrected chi connectivity index (χ4v) is 2.96. The third-order valence-electron chi connectivity index (χ3n) is 3.33. The van der Waals surface area contributed by atoms with Gasteiger partial charge in [0.05, 0.1) is 15.1 Å². The number of hydrogen-bond donors (Lipinski definition) is 1. The predicted octanol–water partition coefficient (Wildman–Crippen LogP) is 4.38. The van der Waals surface area contributed by atoms with Crippen molar-refractivity contribution in [2.75, 3.05) is 5.32 Å². The lowest BCUT2D eigenvalue weighted by Crippen LogP contribution is -2.08. The summed E-state index contributed by atoms with van der Waals surface area (Å²) in [7, 11) is 0. The number of aromatic nitrogens is 1. The minimum Gasteiger partial charge on any atom is -0.373 e. The number of nitro groups is 1. The van der Waals surface area contributed by atoms with Gasteiger partial charge in [0.2, 0.25) is 0 Å². The molecule has 21 heavy (non-hydrogen) atoms. The fourth-order valence-electron chi connectivity index (χ4n) is 2.28. The van der Waals surface area contributed by atoms with Crippen LogP contribution in [-0.4, -0.2) is 9.91 Å². The first-order chi connectivity index (χ1) is 10.2. The lowest BCUT2D eigenvalue weighted by molar-refractivity contribution is -0.382. The quantitative estimate of drug-likeness (QED) is 0.573. The summed E-state index contributed by atoms with van der Waals surface area (Å²) in [5, 5.41) is 14.6. The molecule has 2 aromatic carbocycles. The largest absolute Gasteiger partial charge is 0.373 e. The van der Waals surface area contributed by atoms with E-state index in [1.54, 1.807) is 11.6 Å². The Morgan fingerprint density at radius 1 is 1.24 bits per heavy atom. The van der Waals surface area contributed by atoms with E-state index in [9.17, 15) is 10.1 Å². The van der Waals surface area contributed by atoms with Crippen LogP contribution in [0, 0.1) is 10.1 Å². The topological polar surface area (TPSA) is 68.1 Å². The van der Waals surface area contributed by atoms with Gasteiger partial charge in [-0.2, -0.15) is 0 Å². The summed E-state index contributed by atoms with van der Waals surface area (Å²) in [6, 6.07) is 13.4. The maximum atomic E-state index is 11.4. The van der Waals surface area contributed by atoms with Crippen LogP contribution < -0.4 is 5.32 Å². The first kappa shape index (κ1) is 13.5. The lowest BCUT2D eigenvalue weighted by atomic mass is 10.1. The van der Waals surface area contributed by atoms with E-state index in [-0.39, 0.29) is 16.7 Å². The van der Waals surface area contributed by atoms with Crippen LogP contribution in [0.2, 0.25) is 0 Å². The standard InChI is InChI=1S/C15H13N3O2S/c1-10(11-5-3-2-4-6-11)17-12-7-8-13-14(16-9-21-13)15(12)18(19)20/h2-10,17H,1H3. The van der Waals surface area contributed by atoms with E-state index in [1.807, 2.05) is 43.3 Å². The van der Waals surface area contributed by atoms with Crippen LogP contribution in [0.1, 0.15) is 18.5 Å². The van der Waals surface area contributed by atoms with Gasteiger partial charge in [0, 0.05) is 6.04 Å². The lowest BCUT2D eigenvalue weighted by Gasteiger charge is -2.15. The molecule has 0 radical (unpaired) electrons. The maximum absolute atomic E-state index is 11.4. The van der Waals surface area contributed by atoms with E-state index >= 15 is 0 Å². The fraction of sp³-hybridized carbons (Fsp3) is 0.133. The van der Waals surface area contributed by atoms with E-state index < -0.39 is 0 Å². The SMILES string of the molecule is CC(Nc1ccc2scnc2c1[N+](=O)[O-])c1ccccc1. The molecule has 0 aliphatic rings. The van der Waals surface area contributed by atoms with Gasteiger partial charge in [0.15, 0.2) is 5.52 Å². The van der Waals surface area contributed by atoms with Crippen LogP contribution in [0.5, 0.6) is 0 Å². The van der Waals surface area contributed by atoms with Gasteiger partial charge in [-0.25, -0.2) is 4.98 Å². The summed E-state index contributed by atoms with van der Waals surface area (Å²) in [4.78, 5) is 15.1. The normalized spacial score (nSPS) is 12.2. The second kappa shape index (κ2) is 5.49. The summed E-state index contributed by atoms with van der Waals surface area (Å²) < 4.78 is 0.819. The summed E-state index contributed by atoms with van der Waals surface area (Å²) in [6.07, 6.45) is 0. The van der Waals surface area contributed by atoms with Crippen LogP contribution in [-0.2, 0) is 0 Å². The molecule has 1 atom stereocenters. The summed E-state index contributed by atoms with van der Waals surface area (Å²) in [6.45, 7) is 1.98. The highest BCUT2D eigenvalue weighted by Gasteiger charge is 2.21. The molecular formula is C15H13N3O2S. The minimum atomic E-state index is -0.373. The molecule has 1 unspecified atom stereocenters. The van der Waals surface area contributed by atoms with Crippen LogP contribution in [0.15, 0.2) is 48.0 Å². The van der Waals surface area contributed by atoms with Crippen molar-refractivity contribution in [3.05, 3.63) is 63.7 Å². The zero-order valence-electron chi connectivity index (χ0n) is 11.3. The third-order valence-corrected chi connectivity index (χ3v) is 4.12. The van der Waals surface area contributed by atoms with Crippen molar-refractivity contribution >= 4 is 32.9 Å². The summed E-state index contributed by atoms with van der Waals surface area (Å²) in [5.41, 5.74) is 3.67. The van der Waals surface area contributed by atoms with E-state index in [1.165, 1.54) is 11.3 Å². The molecule has 0 aliphatic heterocycles. The Bertz CT molecular complexity index is 786. The molecule has 3 rings (SSSR count). The molecule has 106 valence electrons. The molecule has 6 heteroatoms. The molecule has 1 heterocycles. The van der Waals surface area contributed by atoms with Gasteiger partial charge in [-0.05, 0) is 24.6 Å². The summed E-state index contributed by atoms with van der Waals surface area (Å²) in [5.74, 6) is 0. The molecular weight excluding hydrogens is 286 g/mol. The zero-order valence-corrected chi connectivity index (χ0v) is 12.1. The molecule has 0 saturated carbocycles. The Morgan fingerprint density at radius 2 is 2.00 bits per heavy atom. The molecule has 0 saturated heterocycles. The van der Waals surface area contributed by atoms with Crippen molar-refractivity contribution in [3.8, 4) is 0 Å². The number of nitrogens with zero attached hydrogens (tertiary/aromatic N) is 2. The highest BCUT2D eigenvalue weighted by atomic mass is 32.1. The highest BCUT2D eigenvalue weighted by Crippen LogP contribution is 2.35. The van der Waals surface area contributed by atoms with Gasteiger partial charge < -0.3 is 5.32 Å². The van der Waals surface area contributed by atoms with Crippen molar-refractivity contribution in [3.63, 3.8) is 0 Å². The second-order valence-corrected chi connectivity index (χ2v) is 5.58. The minimum absolute atomic E-state index is 0.0269. The van der Waals surface area contributed by atoms with Crippen LogP contribution in [0.4, 0.5) is 11.4 Å². The van der Waals surface area contributed by atoms with Gasteiger partial charge in [-0.1, -0.05) is 30.3 Å². The van der Waals surface area contributed by atoms with E-state index in [4.69, 9.17) is 0 Å². The number of benzene rings is 2. The predicted molar refractivity (Wildman–Crippen MR) is 84.8 cm³/mol. The highest BCUT2D eigenvalue weighted by molar-refractivity contribution is 7.16. The number of thiazole rings is 1. The van der Waals surface area contributed by atoms with E-state index in [0.29, 0.717) is 11.2 Å². The molecule has 5 nitrogen and oxygen atoms in total. The molecule has 1 N–H and O–H groups in total. The molecule has 0 fully saturated rings. The van der Waals surface area contributed by atoms with Crippen molar-refractivity contribution in [2.45, 2.75) is 13.0 Å². The Morgan fingerprint density at radius 3 is 2.71 bits per heavy atom. The number of nitro benzene ring substituents is 1. The number of anilines is 1. The van der Waals surface area contributed by atoms with Crippen molar-refractivity contribution in [1.29, 1.82) is 0 Å². The van der Waals surface area contributed by atoms with Crippen molar-refractivity contribution in [1.82, 2.24) is 4.98 Å². The number of hydrogen-bond acceptors (Lipinski definition) is 5. The van der Waals surface area contributed by atoms with Crippen molar-refractivity contribution in [2.24, 2.45) is 0 Å². The Kier molecular flexibility index (Phi) is 3.53. The Hall–Kier alpha value is -2.47. The second-order valence-electron chi connectivity index (χ2n) is 4.69. The van der Waals surface area contributed by atoms with Crippen LogP contribution >= 0.6 is 11.3 Å². The molecule has 0 amide bonds. The average molecular weight is 299 g/mol. The smallest absolute Gasteiger partial charge is 0.319 e. The number of fused-ring (bicyclic) bond motifs is 1. The summed E-state index contributed by atoms with van der Waals surface area (Å²) >= 11 is 1.40. The van der Waals surface area contributed by atoms with Gasteiger partial charge in [0.1, 0.15) is 5.69 Å². The van der Waals surface area contributed by atoms with Gasteiger partial charge in [-0.3, -0.25) is 10.1 Å². The Labute approximate surface area is 125 Å². The molecule has 3 aromatic rings. The molecule has 0 spiro atoms. The average Bonchev–Trinajstić information content (AvgIpc) is 2.95. The zero-order chi connectivity index (χ0) is 14.8. The van der Waals surface area contributed by atoms with Crippen LogP contribution in [0.25, 0.3) is 10.2 Å².